The molecule has 0 bridgehead atoms. The summed E-state index contributed by atoms with van der Waals surface area (Å²) >= 11 is 0. The fourth-order valence-corrected chi connectivity index (χ4v) is 2.73. The van der Waals surface area contributed by atoms with Crippen LogP contribution >= 0.6 is 0 Å². The molecule has 0 spiro atoms. The molecule has 3 nitrogen and oxygen atoms in total. The highest BCUT2D eigenvalue weighted by molar-refractivity contribution is 6.11. The summed E-state index contributed by atoms with van der Waals surface area (Å²) in [4.78, 5) is 11.8. The molecule has 0 aliphatic rings. The minimum Gasteiger partial charge on any atom is -0.423 e. The third kappa shape index (κ3) is 2.44. The molecule has 0 aliphatic carbocycles. The lowest BCUT2D eigenvalue weighted by Crippen LogP contribution is -2.01. The van der Waals surface area contributed by atoms with Crippen LogP contribution in [0.1, 0.15) is 0 Å². The summed E-state index contributed by atoms with van der Waals surface area (Å²) in [6, 6.07) is 19.0. The van der Waals surface area contributed by atoms with Gasteiger partial charge in [0.2, 0.25) is 0 Å². The highest BCUT2D eigenvalue weighted by Crippen LogP contribution is 2.31. The molecule has 0 radical (unpaired) electrons. The van der Waals surface area contributed by atoms with Gasteiger partial charge in [-0.05, 0) is 41.1 Å². The molecular weight excluding hydrogens is 293 g/mol. The van der Waals surface area contributed by atoms with Crippen molar-refractivity contribution in [2.24, 2.45) is 0 Å². The third-order valence-corrected chi connectivity index (χ3v) is 3.76. The molecule has 4 heteroatoms. The Balaban J connectivity index is 1.98. The summed E-state index contributed by atoms with van der Waals surface area (Å²) in [7, 11) is 0. The van der Waals surface area contributed by atoms with Crippen molar-refractivity contribution in [3.8, 4) is 0 Å². The van der Waals surface area contributed by atoms with E-state index in [-0.39, 0.29) is 5.82 Å². The molecule has 0 fully saturated rings. The number of benzene rings is 3. The minimum atomic E-state index is -0.433. The SMILES string of the molecule is O=c1cc(Nc2ccc(F)cc2)c2c(ccc3ccccc32)o1. The number of hydrogen-bond donors (Lipinski definition) is 1. The van der Waals surface area contributed by atoms with Gasteiger partial charge in [-0.3, -0.25) is 0 Å². The van der Waals surface area contributed by atoms with Crippen molar-refractivity contribution in [3.05, 3.63) is 83.0 Å². The Morgan fingerprint density at radius 2 is 1.70 bits per heavy atom. The molecule has 1 N–H and O–H groups in total. The average Bonchev–Trinajstić information content (AvgIpc) is 2.56. The van der Waals surface area contributed by atoms with E-state index in [1.807, 2.05) is 30.3 Å². The molecule has 112 valence electrons. The van der Waals surface area contributed by atoms with Crippen LogP contribution in [0.4, 0.5) is 15.8 Å². The Morgan fingerprint density at radius 1 is 0.913 bits per heavy atom. The summed E-state index contributed by atoms with van der Waals surface area (Å²) in [6.07, 6.45) is 0. The molecule has 4 rings (SSSR count). The fourth-order valence-electron chi connectivity index (χ4n) is 2.73. The van der Waals surface area contributed by atoms with E-state index in [2.05, 4.69) is 5.32 Å². The molecule has 0 unspecified atom stereocenters. The topological polar surface area (TPSA) is 42.2 Å². The molecular formula is C19H12FNO2. The van der Waals surface area contributed by atoms with Crippen LogP contribution in [0, 0.1) is 5.82 Å². The smallest absolute Gasteiger partial charge is 0.338 e. The first-order valence-corrected chi connectivity index (χ1v) is 7.19. The van der Waals surface area contributed by atoms with E-state index >= 15 is 0 Å². The minimum absolute atomic E-state index is 0.307. The average molecular weight is 305 g/mol. The van der Waals surface area contributed by atoms with Crippen molar-refractivity contribution in [1.82, 2.24) is 0 Å². The van der Waals surface area contributed by atoms with Crippen LogP contribution in [0.15, 0.2) is 75.9 Å². The van der Waals surface area contributed by atoms with Crippen molar-refractivity contribution in [2.45, 2.75) is 0 Å². The molecule has 1 heterocycles. The van der Waals surface area contributed by atoms with Crippen LogP contribution in [0.5, 0.6) is 0 Å². The first kappa shape index (κ1) is 13.5. The van der Waals surface area contributed by atoms with E-state index in [0.29, 0.717) is 17.0 Å². The highest BCUT2D eigenvalue weighted by atomic mass is 19.1. The van der Waals surface area contributed by atoms with Gasteiger partial charge in [0, 0.05) is 17.1 Å². The summed E-state index contributed by atoms with van der Waals surface area (Å²) in [6.45, 7) is 0. The summed E-state index contributed by atoms with van der Waals surface area (Å²) in [5.74, 6) is -0.307. The van der Waals surface area contributed by atoms with Gasteiger partial charge in [-0.25, -0.2) is 9.18 Å². The van der Waals surface area contributed by atoms with Gasteiger partial charge >= 0.3 is 5.63 Å². The van der Waals surface area contributed by atoms with Crippen LogP contribution in [-0.4, -0.2) is 0 Å². The normalized spacial score (nSPS) is 11.0. The van der Waals surface area contributed by atoms with Gasteiger partial charge in [0.05, 0.1) is 5.69 Å². The van der Waals surface area contributed by atoms with Gasteiger partial charge in [-0.15, -0.1) is 0 Å². The second kappa shape index (κ2) is 5.25. The number of fused-ring (bicyclic) bond motifs is 3. The summed E-state index contributed by atoms with van der Waals surface area (Å²) in [5, 5.41) is 6.04. The second-order valence-electron chi connectivity index (χ2n) is 5.27. The van der Waals surface area contributed by atoms with Crippen molar-refractivity contribution in [1.29, 1.82) is 0 Å². The van der Waals surface area contributed by atoms with Gasteiger partial charge < -0.3 is 9.73 Å². The van der Waals surface area contributed by atoms with Crippen molar-refractivity contribution in [3.63, 3.8) is 0 Å². The number of halogens is 1. The number of hydrogen-bond acceptors (Lipinski definition) is 3. The molecule has 23 heavy (non-hydrogen) atoms. The van der Waals surface area contributed by atoms with Crippen LogP contribution in [0.3, 0.4) is 0 Å². The predicted molar refractivity (Wildman–Crippen MR) is 89.7 cm³/mol. The third-order valence-electron chi connectivity index (χ3n) is 3.76. The monoisotopic (exact) mass is 305 g/mol. The van der Waals surface area contributed by atoms with Gasteiger partial charge in [0.25, 0.3) is 0 Å². The Morgan fingerprint density at radius 3 is 2.52 bits per heavy atom. The first-order valence-electron chi connectivity index (χ1n) is 7.19. The molecule has 1 aromatic heterocycles. The van der Waals surface area contributed by atoms with Crippen molar-refractivity contribution in [2.75, 3.05) is 5.32 Å². The van der Waals surface area contributed by atoms with Gasteiger partial charge in [0.15, 0.2) is 0 Å². The van der Waals surface area contributed by atoms with E-state index in [4.69, 9.17) is 4.42 Å². The van der Waals surface area contributed by atoms with Gasteiger partial charge in [0.1, 0.15) is 11.4 Å². The largest absolute Gasteiger partial charge is 0.423 e. The molecule has 0 atom stereocenters. The Labute approximate surface area is 131 Å². The second-order valence-corrected chi connectivity index (χ2v) is 5.27. The van der Waals surface area contributed by atoms with Gasteiger partial charge in [-0.2, -0.15) is 0 Å². The zero-order valence-corrected chi connectivity index (χ0v) is 12.0. The predicted octanol–water partition coefficient (Wildman–Crippen LogP) is 4.83. The number of anilines is 2. The highest BCUT2D eigenvalue weighted by Gasteiger charge is 2.09. The molecule has 3 aromatic carbocycles. The Hall–Kier alpha value is -3.14. The maximum absolute atomic E-state index is 13.1. The lowest BCUT2D eigenvalue weighted by molar-refractivity contribution is 0.562. The van der Waals surface area contributed by atoms with E-state index in [9.17, 15) is 9.18 Å². The first-order chi connectivity index (χ1) is 11.2. The molecule has 0 saturated heterocycles. The van der Waals surface area contributed by atoms with Gasteiger partial charge in [-0.1, -0.05) is 30.3 Å². The Kier molecular flexibility index (Phi) is 3.08. The lowest BCUT2D eigenvalue weighted by atomic mass is 10.0. The maximum Gasteiger partial charge on any atom is 0.338 e. The van der Waals surface area contributed by atoms with Crippen molar-refractivity contribution < 1.29 is 8.81 Å². The fraction of sp³-hybridized carbons (Fsp3) is 0. The molecule has 0 amide bonds. The van der Waals surface area contributed by atoms with Crippen LogP contribution in [0.2, 0.25) is 0 Å². The van der Waals surface area contributed by atoms with E-state index in [1.54, 1.807) is 18.2 Å². The zero-order valence-electron chi connectivity index (χ0n) is 12.0. The zero-order chi connectivity index (χ0) is 15.8. The van der Waals surface area contributed by atoms with E-state index in [1.165, 1.54) is 18.2 Å². The van der Waals surface area contributed by atoms with Crippen LogP contribution in [0.25, 0.3) is 21.7 Å². The lowest BCUT2D eigenvalue weighted by Gasteiger charge is -2.11. The number of rotatable bonds is 2. The summed E-state index contributed by atoms with van der Waals surface area (Å²) in [5.41, 5.74) is 1.42. The standard InChI is InChI=1S/C19H12FNO2/c20-13-6-8-14(9-7-13)21-16-11-18(22)23-17-10-5-12-3-1-2-4-15(12)19(16)17/h1-11,21H. The van der Waals surface area contributed by atoms with E-state index < -0.39 is 5.63 Å². The number of nitrogens with one attached hydrogen (secondary N) is 1. The molecule has 4 aromatic rings. The van der Waals surface area contributed by atoms with Crippen molar-refractivity contribution >= 4 is 33.1 Å². The maximum atomic E-state index is 13.1. The summed E-state index contributed by atoms with van der Waals surface area (Å²) < 4.78 is 18.4. The Bertz CT molecular complexity index is 1070. The van der Waals surface area contributed by atoms with Crippen LogP contribution < -0.4 is 10.9 Å². The molecule has 0 aliphatic heterocycles. The quantitative estimate of drug-likeness (QED) is 0.426. The molecule has 0 saturated carbocycles. The van der Waals surface area contributed by atoms with E-state index in [0.717, 1.165) is 16.2 Å². The van der Waals surface area contributed by atoms with Crippen LogP contribution in [-0.2, 0) is 0 Å².